The van der Waals surface area contributed by atoms with Crippen LogP contribution in [0, 0.1) is 21.4 Å². The van der Waals surface area contributed by atoms with Gasteiger partial charge in [-0.2, -0.15) is 0 Å². The molecule has 19 nitrogen and oxygen atoms in total. The third-order valence-electron chi connectivity index (χ3n) is 7.65. The molecule has 0 heterocycles. The Morgan fingerprint density at radius 3 is 1.47 bits per heavy atom. The van der Waals surface area contributed by atoms with Crippen LogP contribution in [0.15, 0.2) is 0 Å². The van der Waals surface area contributed by atoms with Crippen molar-refractivity contribution in [1.29, 1.82) is 0 Å². The lowest BCUT2D eigenvalue weighted by molar-refractivity contribution is -0.119. The van der Waals surface area contributed by atoms with Gasteiger partial charge in [0.25, 0.3) is 17.7 Å². The van der Waals surface area contributed by atoms with E-state index in [9.17, 15) is 59.4 Å². The summed E-state index contributed by atoms with van der Waals surface area (Å²) in [6, 6.07) is -1.99. The van der Waals surface area contributed by atoms with Gasteiger partial charge in [0.15, 0.2) is 5.78 Å². The summed E-state index contributed by atoms with van der Waals surface area (Å²) in [7, 11) is 1.29. The summed E-state index contributed by atoms with van der Waals surface area (Å²) in [6.45, 7) is -3.98. The van der Waals surface area contributed by atoms with Gasteiger partial charge >= 0.3 is 0 Å². The number of methoxy groups -OCH3 is 1. The normalized spacial score (nSPS) is 12.1. The molecule has 2 aromatic rings. The Hall–Kier alpha value is -0.480. The maximum atomic E-state index is 14.3. The van der Waals surface area contributed by atoms with Crippen LogP contribution in [0.4, 0.5) is 11.4 Å². The number of hydrogen-bond donors (Lipinski definition) is 10. The van der Waals surface area contributed by atoms with Crippen molar-refractivity contribution >= 4 is 182 Å². The van der Waals surface area contributed by atoms with E-state index < -0.39 is 80.5 Å². The Labute approximate surface area is 408 Å². The molecule has 0 saturated carbocycles. The lowest BCUT2D eigenvalue weighted by Crippen LogP contribution is -2.44. The molecule has 0 spiro atoms. The molecule has 0 fully saturated rings. The number of nitrogens with zero attached hydrogens (tertiary/aromatic N) is 2. The number of nitrogens with one attached hydrogen (secondary N) is 3. The molecule has 0 radical (unpaired) electrons. The summed E-state index contributed by atoms with van der Waals surface area (Å²) in [6.07, 6.45) is -1.30. The fraction of sp³-hybridized carbons (Fsp3) is 0.438. The molecule has 2 atom stereocenters. The van der Waals surface area contributed by atoms with Crippen LogP contribution >= 0.6 is 136 Å². The number of carbonyl (C=O) groups excluding carboxylic acids is 6. The summed E-state index contributed by atoms with van der Waals surface area (Å²) in [5, 5.41) is 65.3. The Balaban J connectivity index is 2.85. The molecular weight excluding hydrogens is 1440 g/mol. The molecule has 2 aromatic carbocycles. The van der Waals surface area contributed by atoms with Crippen LogP contribution in [0.5, 0.6) is 0 Å². The van der Waals surface area contributed by atoms with E-state index in [0.29, 0.717) is 0 Å². The number of nitrogens with two attached hydrogens (primary N) is 1. The van der Waals surface area contributed by atoms with Gasteiger partial charge in [-0.25, -0.2) is 0 Å². The van der Waals surface area contributed by atoms with Crippen LogP contribution in [-0.2, 0) is 14.3 Å². The van der Waals surface area contributed by atoms with Crippen molar-refractivity contribution in [3.8, 4) is 0 Å². The van der Waals surface area contributed by atoms with Crippen molar-refractivity contribution < 1.29 is 64.1 Å². The van der Waals surface area contributed by atoms with Gasteiger partial charge in [-0.1, -0.05) is 0 Å². The highest BCUT2D eigenvalue weighted by atomic mass is 127. The zero-order valence-corrected chi connectivity index (χ0v) is 42.7. The lowest BCUT2D eigenvalue weighted by atomic mass is 9.99. The van der Waals surface area contributed by atoms with Gasteiger partial charge < -0.3 is 66.9 Å². The predicted molar refractivity (Wildman–Crippen MR) is 256 cm³/mol. The first-order chi connectivity index (χ1) is 26.9. The van der Waals surface area contributed by atoms with Crippen LogP contribution in [0.25, 0.3) is 0 Å². The van der Waals surface area contributed by atoms with Crippen LogP contribution in [0.3, 0.4) is 0 Å². The van der Waals surface area contributed by atoms with Crippen molar-refractivity contribution in [2.75, 3.05) is 90.1 Å². The van der Waals surface area contributed by atoms with Crippen molar-refractivity contribution in [2.24, 2.45) is 5.73 Å². The molecule has 0 aliphatic carbocycles. The molecule has 0 bridgehead atoms. The van der Waals surface area contributed by atoms with Crippen LogP contribution < -0.4 is 21.7 Å². The van der Waals surface area contributed by atoms with Gasteiger partial charge in [-0.05, 0) is 136 Å². The second-order valence-corrected chi connectivity index (χ2v) is 17.9. The number of ketones is 1. The number of hydrogen-bond acceptors (Lipinski definition) is 14. The van der Waals surface area contributed by atoms with Gasteiger partial charge in [0.1, 0.15) is 12.6 Å². The van der Waals surface area contributed by atoms with Gasteiger partial charge in [-0.3, -0.25) is 28.8 Å². The summed E-state index contributed by atoms with van der Waals surface area (Å²) >= 11 is 10.6. The monoisotopic (exact) mass is 1480 g/mol. The Bertz CT molecular complexity index is 1790. The highest BCUT2D eigenvalue weighted by molar-refractivity contribution is 14.1. The molecule has 0 aromatic heterocycles. The number of rotatable bonds is 21. The minimum absolute atomic E-state index is 0.0288. The molecule has 0 saturated heterocycles. The number of benzene rings is 2. The van der Waals surface area contributed by atoms with E-state index >= 15 is 0 Å². The molecule has 11 N–H and O–H groups in total. The van der Waals surface area contributed by atoms with E-state index in [1.165, 1.54) is 7.11 Å². The quantitative estimate of drug-likeness (QED) is 0.0447. The highest BCUT2D eigenvalue weighted by Gasteiger charge is 2.36. The first-order valence-electron chi connectivity index (χ1n) is 16.3. The summed E-state index contributed by atoms with van der Waals surface area (Å²) in [4.78, 5) is 84.6. The van der Waals surface area contributed by atoms with Crippen LogP contribution in [0.2, 0.25) is 0 Å². The number of anilines is 2. The smallest absolute Gasteiger partial charge is 0.256 e. The average Bonchev–Trinajstić information content (AvgIpc) is 3.16. The summed E-state index contributed by atoms with van der Waals surface area (Å²) in [5.74, 6) is -4.95. The second-order valence-electron chi connectivity index (χ2n) is 11.5. The van der Waals surface area contributed by atoms with Gasteiger partial charge in [0, 0.05) is 56.1 Å². The first-order valence-corrected chi connectivity index (χ1v) is 22.8. The number of amides is 5. The Morgan fingerprint density at radius 2 is 1.05 bits per heavy atom. The van der Waals surface area contributed by atoms with E-state index in [2.05, 4.69) is 16.0 Å². The minimum Gasteiger partial charge on any atom is -0.395 e. The van der Waals surface area contributed by atoms with Crippen molar-refractivity contribution in [3.05, 3.63) is 43.7 Å². The van der Waals surface area contributed by atoms with E-state index in [4.69, 9.17) is 10.5 Å². The molecule has 25 heteroatoms. The Kier molecular flexibility index (Phi) is 23.5. The summed E-state index contributed by atoms with van der Waals surface area (Å²) in [5.41, 5.74) is 5.75. The van der Waals surface area contributed by atoms with Crippen LogP contribution in [0.1, 0.15) is 41.4 Å². The third-order valence-corrected chi connectivity index (χ3v) is 14.1. The van der Waals surface area contributed by atoms with Gasteiger partial charge in [0.05, 0.1) is 77.9 Å². The standard InChI is InChI=1S/C32H38I6N6O13/c1-57-12-14(51)41-26-21(35)15(19(33)16(22(26)36)29(53)40-10-13(50)11-49)28(52)25(39)30(54)42-27-23(37)17(31(55)43(2-6-45)3-7-46)20(34)18(24(27)38)32(56)44(4-8-47)5-9-48/h13,25,45-50H,2-12,39H2,1H3,(H,40,53)(H,41,51)(H,42,54). The van der Waals surface area contributed by atoms with Crippen molar-refractivity contribution in [1.82, 2.24) is 15.1 Å². The fourth-order valence-corrected chi connectivity index (χ4v) is 13.7. The molecule has 0 aliphatic heterocycles. The van der Waals surface area contributed by atoms with E-state index in [1.807, 2.05) is 0 Å². The van der Waals surface area contributed by atoms with Gasteiger partial charge in [0.2, 0.25) is 11.8 Å². The van der Waals surface area contributed by atoms with E-state index in [1.54, 1.807) is 136 Å². The number of aliphatic hydroxyl groups is 6. The third kappa shape index (κ3) is 13.3. The summed E-state index contributed by atoms with van der Waals surface area (Å²) < 4.78 is 5.60. The fourth-order valence-electron chi connectivity index (χ4n) is 4.91. The SMILES string of the molecule is COCC(=O)Nc1c(I)c(C(=O)NCC(O)CO)c(I)c(C(=O)C(N)C(=O)Nc2c(I)c(C(=O)N(CCO)CCO)c(I)c(C(=O)N(CCO)CCO)c2I)c1I. The lowest BCUT2D eigenvalue weighted by Gasteiger charge is -2.27. The number of Topliss-reactive ketones (excluding diaryl/α,β-unsaturated/α-hetero) is 1. The number of carbonyl (C=O) groups is 6. The zero-order chi connectivity index (χ0) is 43.3. The van der Waals surface area contributed by atoms with Crippen molar-refractivity contribution in [2.45, 2.75) is 12.1 Å². The first kappa shape index (κ1) is 52.7. The molecule has 0 aliphatic rings. The molecule has 2 unspecified atom stereocenters. The van der Waals surface area contributed by atoms with Gasteiger partial charge in [-0.15, -0.1) is 0 Å². The molecule has 57 heavy (non-hydrogen) atoms. The topological polar surface area (TPSA) is 302 Å². The molecule has 2 rings (SSSR count). The zero-order valence-electron chi connectivity index (χ0n) is 29.7. The number of aliphatic hydroxyl groups excluding tert-OH is 6. The van der Waals surface area contributed by atoms with E-state index in [-0.39, 0.29) is 94.4 Å². The molecular formula is C32H38I6N6O13. The number of halogens is 6. The predicted octanol–water partition coefficient (Wildman–Crippen LogP) is -0.0156. The molecule has 316 valence electrons. The maximum absolute atomic E-state index is 14.3. The van der Waals surface area contributed by atoms with Crippen LogP contribution in [-0.4, -0.2) is 167 Å². The average molecular weight is 1480 g/mol. The largest absolute Gasteiger partial charge is 0.395 e. The minimum atomic E-state index is -1.99. The second kappa shape index (κ2) is 25.5. The Morgan fingerprint density at radius 1 is 0.649 bits per heavy atom. The molecule has 5 amide bonds. The highest BCUT2D eigenvalue weighted by Crippen LogP contribution is 2.39. The van der Waals surface area contributed by atoms with E-state index in [0.717, 1.165) is 9.80 Å². The number of ether oxygens (including phenoxy) is 1. The maximum Gasteiger partial charge on any atom is 0.256 e. The van der Waals surface area contributed by atoms with Crippen molar-refractivity contribution in [3.63, 3.8) is 0 Å².